The number of aliphatic hydroxyl groups excluding tert-OH is 1. The van der Waals surface area contributed by atoms with E-state index in [1.807, 2.05) is 30.3 Å². The molecule has 4 nitrogen and oxygen atoms in total. The van der Waals surface area contributed by atoms with Gasteiger partial charge in [-0.05, 0) is 48.2 Å². The third kappa shape index (κ3) is 5.46. The van der Waals surface area contributed by atoms with Crippen molar-refractivity contribution >= 4 is 5.69 Å². The van der Waals surface area contributed by atoms with E-state index in [-0.39, 0.29) is 5.82 Å². The fourth-order valence-corrected chi connectivity index (χ4v) is 3.62. The van der Waals surface area contributed by atoms with E-state index < -0.39 is 6.10 Å². The molecule has 1 aliphatic rings. The molecule has 0 aliphatic carbocycles. The van der Waals surface area contributed by atoms with Gasteiger partial charge in [0.05, 0.1) is 0 Å². The fraction of sp³-hybridized carbons (Fsp3) is 0.478. The summed E-state index contributed by atoms with van der Waals surface area (Å²) in [6.07, 6.45) is 0.531. The Bertz CT molecular complexity index is 730. The zero-order valence-corrected chi connectivity index (χ0v) is 16.9. The summed E-state index contributed by atoms with van der Waals surface area (Å²) in [5.41, 5.74) is 2.25. The van der Waals surface area contributed by atoms with Gasteiger partial charge in [0.15, 0.2) is 0 Å². The second-order valence-corrected chi connectivity index (χ2v) is 7.58. The van der Waals surface area contributed by atoms with Crippen molar-refractivity contribution in [3.05, 3.63) is 59.9 Å². The minimum Gasteiger partial charge on any atom is -0.491 e. The van der Waals surface area contributed by atoms with E-state index in [0.717, 1.165) is 44.0 Å². The van der Waals surface area contributed by atoms with Crippen LogP contribution in [0.1, 0.15) is 31.7 Å². The average molecular weight is 387 g/mol. The van der Waals surface area contributed by atoms with Crippen molar-refractivity contribution in [1.82, 2.24) is 4.90 Å². The summed E-state index contributed by atoms with van der Waals surface area (Å²) in [4.78, 5) is 4.51. The number of anilines is 1. The van der Waals surface area contributed by atoms with Crippen LogP contribution in [0.15, 0.2) is 48.5 Å². The Morgan fingerprint density at radius 2 is 1.71 bits per heavy atom. The van der Waals surface area contributed by atoms with E-state index in [2.05, 4.69) is 29.7 Å². The van der Waals surface area contributed by atoms with Crippen LogP contribution in [0.4, 0.5) is 10.1 Å². The van der Waals surface area contributed by atoms with Crippen molar-refractivity contribution in [2.24, 2.45) is 0 Å². The number of rotatable bonds is 8. The van der Waals surface area contributed by atoms with Crippen LogP contribution in [0, 0.1) is 5.82 Å². The maximum Gasteiger partial charge on any atom is 0.123 e. The summed E-state index contributed by atoms with van der Waals surface area (Å²) < 4.78 is 19.0. The van der Waals surface area contributed by atoms with E-state index in [1.165, 1.54) is 17.7 Å². The highest BCUT2D eigenvalue weighted by Gasteiger charge is 2.20. The van der Waals surface area contributed by atoms with E-state index in [4.69, 9.17) is 4.74 Å². The summed E-state index contributed by atoms with van der Waals surface area (Å²) in [6.45, 7) is 8.75. The Labute approximate surface area is 167 Å². The molecule has 28 heavy (non-hydrogen) atoms. The second kappa shape index (κ2) is 9.89. The molecule has 0 aromatic heterocycles. The molecule has 2 atom stereocenters. The Kier molecular flexibility index (Phi) is 7.29. The normalized spacial score (nSPS) is 17.4. The molecule has 1 heterocycles. The largest absolute Gasteiger partial charge is 0.491 e. The fourth-order valence-electron chi connectivity index (χ4n) is 3.62. The SMILES string of the molecule is CCC(C)c1ccccc1OCC(O)CN1CCN(c2ccc(F)cc2)CC1. The summed E-state index contributed by atoms with van der Waals surface area (Å²) in [6, 6.07) is 14.7. The second-order valence-electron chi connectivity index (χ2n) is 7.58. The monoisotopic (exact) mass is 386 g/mol. The quantitative estimate of drug-likeness (QED) is 0.746. The molecule has 3 rings (SSSR count). The van der Waals surface area contributed by atoms with Gasteiger partial charge in [-0.15, -0.1) is 0 Å². The highest BCUT2D eigenvalue weighted by molar-refractivity contribution is 5.46. The van der Waals surface area contributed by atoms with Gasteiger partial charge in [-0.3, -0.25) is 4.90 Å². The van der Waals surface area contributed by atoms with Crippen molar-refractivity contribution in [3.63, 3.8) is 0 Å². The van der Waals surface area contributed by atoms with Gasteiger partial charge in [0, 0.05) is 38.4 Å². The van der Waals surface area contributed by atoms with Gasteiger partial charge in [0.2, 0.25) is 0 Å². The molecule has 152 valence electrons. The zero-order chi connectivity index (χ0) is 19.9. The maximum atomic E-state index is 13.1. The first-order chi connectivity index (χ1) is 13.6. The number of piperazine rings is 1. The molecule has 2 aromatic carbocycles. The summed E-state index contributed by atoms with van der Waals surface area (Å²) >= 11 is 0. The van der Waals surface area contributed by atoms with Gasteiger partial charge in [-0.25, -0.2) is 4.39 Å². The van der Waals surface area contributed by atoms with Crippen LogP contribution >= 0.6 is 0 Å². The van der Waals surface area contributed by atoms with Crippen molar-refractivity contribution in [2.45, 2.75) is 32.3 Å². The third-order valence-electron chi connectivity index (χ3n) is 5.53. The summed E-state index contributed by atoms with van der Waals surface area (Å²) in [5, 5.41) is 10.4. The van der Waals surface area contributed by atoms with Crippen LogP contribution in [0.5, 0.6) is 5.75 Å². The van der Waals surface area contributed by atoms with Crippen LogP contribution < -0.4 is 9.64 Å². The van der Waals surface area contributed by atoms with Crippen molar-refractivity contribution in [3.8, 4) is 5.75 Å². The Hall–Kier alpha value is -2.11. The van der Waals surface area contributed by atoms with Crippen LogP contribution in [0.2, 0.25) is 0 Å². The van der Waals surface area contributed by atoms with Crippen molar-refractivity contribution < 1.29 is 14.2 Å². The molecule has 0 saturated carbocycles. The molecular formula is C23H31FN2O2. The summed E-state index contributed by atoms with van der Waals surface area (Å²) in [5.74, 6) is 1.10. The molecule has 0 amide bonds. The van der Waals surface area contributed by atoms with Gasteiger partial charge in [0.1, 0.15) is 24.3 Å². The number of halogens is 1. The molecule has 0 spiro atoms. The minimum atomic E-state index is -0.526. The van der Waals surface area contributed by atoms with Gasteiger partial charge < -0.3 is 14.7 Å². The summed E-state index contributed by atoms with van der Waals surface area (Å²) in [7, 11) is 0. The molecule has 0 radical (unpaired) electrons. The molecule has 2 aromatic rings. The van der Waals surface area contributed by atoms with Gasteiger partial charge in [-0.1, -0.05) is 32.0 Å². The first kappa shape index (κ1) is 20.6. The Morgan fingerprint density at radius 1 is 1.04 bits per heavy atom. The molecule has 1 saturated heterocycles. The Balaban J connectivity index is 1.45. The van der Waals surface area contributed by atoms with Gasteiger partial charge >= 0.3 is 0 Å². The number of para-hydroxylation sites is 1. The zero-order valence-electron chi connectivity index (χ0n) is 16.9. The van der Waals surface area contributed by atoms with Crippen molar-refractivity contribution in [1.29, 1.82) is 0 Å². The van der Waals surface area contributed by atoms with Gasteiger partial charge in [0.25, 0.3) is 0 Å². The van der Waals surface area contributed by atoms with E-state index in [1.54, 1.807) is 0 Å². The molecule has 1 N–H and O–H groups in total. The number of hydrogen-bond donors (Lipinski definition) is 1. The molecular weight excluding hydrogens is 355 g/mol. The van der Waals surface area contributed by atoms with Crippen molar-refractivity contribution in [2.75, 3.05) is 44.2 Å². The number of ether oxygens (including phenoxy) is 1. The predicted octanol–water partition coefficient (Wildman–Crippen LogP) is 3.90. The topological polar surface area (TPSA) is 35.9 Å². The molecule has 1 aliphatic heterocycles. The maximum absolute atomic E-state index is 13.1. The van der Waals surface area contributed by atoms with E-state index >= 15 is 0 Å². The third-order valence-corrected chi connectivity index (χ3v) is 5.53. The number of hydrogen-bond acceptors (Lipinski definition) is 4. The van der Waals surface area contributed by atoms with Crippen LogP contribution in [0.25, 0.3) is 0 Å². The number of β-amino-alcohol motifs (C(OH)–C–C–N with tert-alkyl or cyclic N) is 1. The van der Waals surface area contributed by atoms with E-state index in [9.17, 15) is 9.50 Å². The first-order valence-electron chi connectivity index (χ1n) is 10.2. The van der Waals surface area contributed by atoms with Crippen LogP contribution in [0.3, 0.4) is 0 Å². The highest BCUT2D eigenvalue weighted by Crippen LogP contribution is 2.28. The average Bonchev–Trinajstić information content (AvgIpc) is 2.73. The molecule has 1 fully saturated rings. The lowest BCUT2D eigenvalue weighted by molar-refractivity contribution is 0.0658. The highest BCUT2D eigenvalue weighted by atomic mass is 19.1. The lowest BCUT2D eigenvalue weighted by atomic mass is 9.98. The van der Waals surface area contributed by atoms with E-state index in [0.29, 0.717) is 19.1 Å². The Morgan fingerprint density at radius 3 is 2.39 bits per heavy atom. The first-order valence-corrected chi connectivity index (χ1v) is 10.2. The molecule has 0 bridgehead atoms. The lowest BCUT2D eigenvalue weighted by Crippen LogP contribution is -2.49. The van der Waals surface area contributed by atoms with Crippen LogP contribution in [-0.2, 0) is 0 Å². The standard InChI is InChI=1S/C23H31FN2O2/c1-3-18(2)22-6-4-5-7-23(22)28-17-21(27)16-25-12-14-26(15-13-25)20-10-8-19(24)9-11-20/h4-11,18,21,27H,3,12-17H2,1-2H3. The smallest absolute Gasteiger partial charge is 0.123 e. The number of benzene rings is 2. The van der Waals surface area contributed by atoms with Gasteiger partial charge in [-0.2, -0.15) is 0 Å². The number of nitrogens with zero attached hydrogens (tertiary/aromatic N) is 2. The minimum absolute atomic E-state index is 0.208. The number of aliphatic hydroxyl groups is 1. The predicted molar refractivity (Wildman–Crippen MR) is 112 cm³/mol. The lowest BCUT2D eigenvalue weighted by Gasteiger charge is -2.36. The molecule has 5 heteroatoms. The van der Waals surface area contributed by atoms with Crippen LogP contribution in [-0.4, -0.2) is 55.4 Å². The molecule has 2 unspecified atom stereocenters.